The van der Waals surface area contributed by atoms with Crippen molar-refractivity contribution in [3.63, 3.8) is 0 Å². The zero-order valence-electron chi connectivity index (χ0n) is 10.3. The highest BCUT2D eigenvalue weighted by atomic mass is 19.1. The molecular formula is C13H19FN2O. The van der Waals surface area contributed by atoms with Gasteiger partial charge in [-0.15, -0.1) is 0 Å². The van der Waals surface area contributed by atoms with Gasteiger partial charge in [-0.2, -0.15) is 0 Å². The summed E-state index contributed by atoms with van der Waals surface area (Å²) in [6.07, 6.45) is 0.782. The molecule has 1 atom stereocenters. The molecule has 0 aliphatic carbocycles. The number of nitrogens with one attached hydrogen (secondary N) is 2. The second-order valence-corrected chi connectivity index (χ2v) is 3.95. The zero-order valence-corrected chi connectivity index (χ0v) is 10.3. The molecule has 0 spiro atoms. The summed E-state index contributed by atoms with van der Waals surface area (Å²) in [7, 11) is 0. The van der Waals surface area contributed by atoms with Crippen LogP contribution in [-0.4, -0.2) is 25.0 Å². The lowest BCUT2D eigenvalue weighted by molar-refractivity contribution is -0.122. The van der Waals surface area contributed by atoms with Gasteiger partial charge in [0.1, 0.15) is 5.82 Å². The largest absolute Gasteiger partial charge is 0.355 e. The monoisotopic (exact) mass is 238 g/mol. The Morgan fingerprint density at radius 3 is 2.59 bits per heavy atom. The first kappa shape index (κ1) is 13.6. The highest BCUT2D eigenvalue weighted by Crippen LogP contribution is 2.02. The van der Waals surface area contributed by atoms with Gasteiger partial charge in [-0.25, -0.2) is 4.39 Å². The van der Waals surface area contributed by atoms with Gasteiger partial charge in [0, 0.05) is 6.54 Å². The number of halogens is 1. The Hall–Kier alpha value is -1.42. The first-order chi connectivity index (χ1) is 8.13. The minimum absolute atomic E-state index is 0.00612. The van der Waals surface area contributed by atoms with E-state index in [1.165, 1.54) is 12.1 Å². The van der Waals surface area contributed by atoms with Gasteiger partial charge in [0.2, 0.25) is 5.91 Å². The van der Waals surface area contributed by atoms with Crippen molar-refractivity contribution in [3.05, 3.63) is 35.6 Å². The van der Waals surface area contributed by atoms with Crippen LogP contribution in [0, 0.1) is 5.82 Å². The fourth-order valence-corrected chi connectivity index (χ4v) is 1.50. The summed E-state index contributed by atoms with van der Waals surface area (Å²) in [5, 5.41) is 5.87. The number of hydrogen-bond donors (Lipinski definition) is 2. The average molecular weight is 238 g/mol. The summed E-state index contributed by atoms with van der Waals surface area (Å²) in [5.74, 6) is -0.219. The van der Waals surface area contributed by atoms with Gasteiger partial charge < -0.3 is 10.6 Å². The molecule has 4 heteroatoms. The molecule has 94 valence electrons. The van der Waals surface area contributed by atoms with E-state index < -0.39 is 0 Å². The molecule has 0 radical (unpaired) electrons. The molecule has 3 nitrogen and oxygen atoms in total. The standard InChI is InChI=1S/C13H19FN2O/c1-3-15-13(17)10(2)16-9-8-11-4-6-12(14)7-5-11/h4-7,10,16H,3,8-9H2,1-2H3,(H,15,17). The van der Waals surface area contributed by atoms with Crippen molar-refractivity contribution in [2.75, 3.05) is 13.1 Å². The van der Waals surface area contributed by atoms with Crippen LogP contribution in [0.4, 0.5) is 4.39 Å². The lowest BCUT2D eigenvalue weighted by Crippen LogP contribution is -2.42. The molecule has 17 heavy (non-hydrogen) atoms. The SMILES string of the molecule is CCNC(=O)C(C)NCCc1ccc(F)cc1. The number of hydrogen-bond acceptors (Lipinski definition) is 2. The Kier molecular flexibility index (Phi) is 5.63. The van der Waals surface area contributed by atoms with Gasteiger partial charge >= 0.3 is 0 Å². The summed E-state index contributed by atoms with van der Waals surface area (Å²) in [4.78, 5) is 11.4. The maximum Gasteiger partial charge on any atom is 0.236 e. The second-order valence-electron chi connectivity index (χ2n) is 3.95. The van der Waals surface area contributed by atoms with Crippen LogP contribution in [-0.2, 0) is 11.2 Å². The van der Waals surface area contributed by atoms with Crippen molar-refractivity contribution < 1.29 is 9.18 Å². The molecule has 2 N–H and O–H groups in total. The van der Waals surface area contributed by atoms with E-state index >= 15 is 0 Å². The number of rotatable bonds is 6. The van der Waals surface area contributed by atoms with Crippen LogP contribution < -0.4 is 10.6 Å². The summed E-state index contributed by atoms with van der Waals surface area (Å²) in [6, 6.07) is 6.21. The van der Waals surface area contributed by atoms with E-state index in [-0.39, 0.29) is 17.8 Å². The Labute approximate surface area is 101 Å². The molecular weight excluding hydrogens is 219 g/mol. The third-order valence-corrected chi connectivity index (χ3v) is 2.52. The number of carbonyl (C=O) groups is 1. The minimum Gasteiger partial charge on any atom is -0.355 e. The zero-order chi connectivity index (χ0) is 12.7. The van der Waals surface area contributed by atoms with Crippen LogP contribution in [0.5, 0.6) is 0 Å². The lowest BCUT2D eigenvalue weighted by atomic mass is 10.1. The normalized spacial score (nSPS) is 12.2. The molecule has 1 unspecified atom stereocenters. The molecule has 0 aliphatic heterocycles. The van der Waals surface area contributed by atoms with E-state index in [0.717, 1.165) is 12.0 Å². The topological polar surface area (TPSA) is 41.1 Å². The van der Waals surface area contributed by atoms with Gasteiger partial charge in [0.05, 0.1) is 6.04 Å². The average Bonchev–Trinajstić information content (AvgIpc) is 2.32. The molecule has 0 fully saturated rings. The first-order valence-corrected chi connectivity index (χ1v) is 5.89. The molecule has 1 aromatic rings. The lowest BCUT2D eigenvalue weighted by Gasteiger charge is -2.13. The number of amides is 1. The Balaban J connectivity index is 2.27. The molecule has 1 aromatic carbocycles. The molecule has 1 rings (SSSR count). The molecule has 0 aromatic heterocycles. The van der Waals surface area contributed by atoms with Crippen molar-refractivity contribution in [1.29, 1.82) is 0 Å². The molecule has 0 heterocycles. The predicted molar refractivity (Wildman–Crippen MR) is 66.3 cm³/mol. The van der Waals surface area contributed by atoms with Gasteiger partial charge in [-0.1, -0.05) is 12.1 Å². The van der Waals surface area contributed by atoms with Gasteiger partial charge in [0.15, 0.2) is 0 Å². The minimum atomic E-state index is -0.225. The van der Waals surface area contributed by atoms with E-state index in [4.69, 9.17) is 0 Å². The molecule has 1 amide bonds. The third-order valence-electron chi connectivity index (χ3n) is 2.52. The summed E-state index contributed by atoms with van der Waals surface area (Å²) in [5.41, 5.74) is 1.06. The van der Waals surface area contributed by atoms with E-state index in [0.29, 0.717) is 13.1 Å². The van der Waals surface area contributed by atoms with Crippen molar-refractivity contribution >= 4 is 5.91 Å². The molecule has 0 saturated heterocycles. The fourth-order valence-electron chi connectivity index (χ4n) is 1.50. The van der Waals surface area contributed by atoms with E-state index in [2.05, 4.69) is 10.6 Å². The van der Waals surface area contributed by atoms with Crippen LogP contribution in [0.3, 0.4) is 0 Å². The predicted octanol–water partition coefficient (Wildman–Crippen LogP) is 1.48. The highest BCUT2D eigenvalue weighted by molar-refractivity contribution is 5.81. The van der Waals surface area contributed by atoms with Crippen LogP contribution in [0.2, 0.25) is 0 Å². The first-order valence-electron chi connectivity index (χ1n) is 5.89. The molecule has 0 bridgehead atoms. The van der Waals surface area contributed by atoms with Gasteiger partial charge in [-0.05, 0) is 44.5 Å². The molecule has 0 aliphatic rings. The maximum atomic E-state index is 12.7. The van der Waals surface area contributed by atoms with Gasteiger partial charge in [-0.3, -0.25) is 4.79 Å². The summed E-state index contributed by atoms with van der Waals surface area (Å²) in [6.45, 7) is 5.06. The van der Waals surface area contributed by atoms with E-state index in [9.17, 15) is 9.18 Å². The fraction of sp³-hybridized carbons (Fsp3) is 0.462. The number of carbonyl (C=O) groups excluding carboxylic acids is 1. The van der Waals surface area contributed by atoms with Crippen LogP contribution in [0.1, 0.15) is 19.4 Å². The smallest absolute Gasteiger partial charge is 0.236 e. The van der Waals surface area contributed by atoms with Crippen molar-refractivity contribution in [2.24, 2.45) is 0 Å². The van der Waals surface area contributed by atoms with Crippen molar-refractivity contribution in [1.82, 2.24) is 10.6 Å². The van der Waals surface area contributed by atoms with Crippen LogP contribution >= 0.6 is 0 Å². The second kappa shape index (κ2) is 7.01. The van der Waals surface area contributed by atoms with E-state index in [1.807, 2.05) is 13.8 Å². The maximum absolute atomic E-state index is 12.7. The van der Waals surface area contributed by atoms with Crippen molar-refractivity contribution in [2.45, 2.75) is 26.3 Å². The molecule has 0 saturated carbocycles. The van der Waals surface area contributed by atoms with Crippen LogP contribution in [0.15, 0.2) is 24.3 Å². The Morgan fingerprint density at radius 2 is 2.00 bits per heavy atom. The summed E-state index contributed by atoms with van der Waals surface area (Å²) < 4.78 is 12.7. The summed E-state index contributed by atoms with van der Waals surface area (Å²) >= 11 is 0. The van der Waals surface area contributed by atoms with E-state index in [1.54, 1.807) is 12.1 Å². The number of benzene rings is 1. The quantitative estimate of drug-likeness (QED) is 0.788. The number of likely N-dealkylation sites (N-methyl/N-ethyl adjacent to an activating group) is 1. The Morgan fingerprint density at radius 1 is 1.35 bits per heavy atom. The highest BCUT2D eigenvalue weighted by Gasteiger charge is 2.09. The third kappa shape index (κ3) is 4.95. The van der Waals surface area contributed by atoms with Gasteiger partial charge in [0.25, 0.3) is 0 Å². The van der Waals surface area contributed by atoms with Crippen molar-refractivity contribution in [3.8, 4) is 0 Å². The Bertz CT molecular complexity index is 351. The van der Waals surface area contributed by atoms with Crippen LogP contribution in [0.25, 0.3) is 0 Å².